The van der Waals surface area contributed by atoms with Gasteiger partial charge in [-0.3, -0.25) is 9.52 Å². The van der Waals surface area contributed by atoms with Crippen LogP contribution in [0.2, 0.25) is 0 Å². The van der Waals surface area contributed by atoms with Gasteiger partial charge in [0.25, 0.3) is 15.9 Å². The summed E-state index contributed by atoms with van der Waals surface area (Å²) in [4.78, 5) is 12.7. The SMILES string of the molecule is COc1ccc(S(=O)(=O)Nc2cc(C(=O)Nc3cccc(C)c3)ccc2C)cc1. The van der Waals surface area contributed by atoms with E-state index in [1.165, 1.54) is 25.3 Å². The first-order chi connectivity index (χ1) is 13.8. The zero-order valence-corrected chi connectivity index (χ0v) is 17.2. The fraction of sp³-hybridized carbons (Fsp3) is 0.136. The number of hydrogen-bond donors (Lipinski definition) is 2. The molecule has 0 aromatic heterocycles. The second-order valence-electron chi connectivity index (χ2n) is 6.63. The Kier molecular flexibility index (Phi) is 5.89. The highest BCUT2D eigenvalue weighted by atomic mass is 32.2. The predicted octanol–water partition coefficient (Wildman–Crippen LogP) is 4.37. The molecule has 3 aromatic carbocycles. The second kappa shape index (κ2) is 8.36. The van der Waals surface area contributed by atoms with E-state index >= 15 is 0 Å². The van der Waals surface area contributed by atoms with Gasteiger partial charge in [-0.1, -0.05) is 18.2 Å². The summed E-state index contributed by atoms with van der Waals surface area (Å²) in [6.45, 7) is 3.71. The highest BCUT2D eigenvalue weighted by Crippen LogP contribution is 2.23. The Morgan fingerprint density at radius 1 is 0.931 bits per heavy atom. The van der Waals surface area contributed by atoms with Crippen LogP contribution in [-0.2, 0) is 10.0 Å². The van der Waals surface area contributed by atoms with Gasteiger partial charge < -0.3 is 10.1 Å². The number of sulfonamides is 1. The maximum Gasteiger partial charge on any atom is 0.261 e. The lowest BCUT2D eigenvalue weighted by molar-refractivity contribution is 0.102. The van der Waals surface area contributed by atoms with Crippen LogP contribution >= 0.6 is 0 Å². The molecule has 0 aliphatic heterocycles. The molecule has 0 aliphatic rings. The van der Waals surface area contributed by atoms with Crippen molar-refractivity contribution in [1.82, 2.24) is 0 Å². The van der Waals surface area contributed by atoms with E-state index in [4.69, 9.17) is 4.74 Å². The Hall–Kier alpha value is -3.32. The normalized spacial score (nSPS) is 11.0. The van der Waals surface area contributed by atoms with Crippen molar-refractivity contribution in [2.45, 2.75) is 18.7 Å². The maximum atomic E-state index is 12.7. The molecule has 0 unspecified atom stereocenters. The van der Waals surface area contributed by atoms with Crippen LogP contribution in [0.3, 0.4) is 0 Å². The summed E-state index contributed by atoms with van der Waals surface area (Å²) in [5.74, 6) is 0.246. The molecule has 0 spiro atoms. The van der Waals surface area contributed by atoms with E-state index in [-0.39, 0.29) is 10.8 Å². The lowest BCUT2D eigenvalue weighted by Crippen LogP contribution is -2.16. The Morgan fingerprint density at radius 3 is 2.31 bits per heavy atom. The number of methoxy groups -OCH3 is 1. The van der Waals surface area contributed by atoms with Crippen molar-refractivity contribution in [3.05, 3.63) is 83.4 Å². The summed E-state index contributed by atoms with van der Waals surface area (Å²) in [6, 6.07) is 18.4. The number of rotatable bonds is 6. The molecule has 150 valence electrons. The molecule has 0 fully saturated rings. The largest absolute Gasteiger partial charge is 0.497 e. The number of hydrogen-bond acceptors (Lipinski definition) is 4. The molecule has 0 radical (unpaired) electrons. The van der Waals surface area contributed by atoms with Gasteiger partial charge in [0.05, 0.1) is 17.7 Å². The first-order valence-corrected chi connectivity index (χ1v) is 10.4. The summed E-state index contributed by atoms with van der Waals surface area (Å²) in [7, 11) is -2.29. The molecular formula is C22H22N2O4S. The standard InChI is InChI=1S/C22H22N2O4S/c1-15-5-4-6-18(13-15)23-22(25)17-8-7-16(2)21(14-17)24-29(26,27)20-11-9-19(28-3)10-12-20/h4-14,24H,1-3H3,(H,23,25). The van der Waals surface area contributed by atoms with E-state index in [1.54, 1.807) is 37.3 Å². The molecule has 0 saturated heterocycles. The van der Waals surface area contributed by atoms with E-state index in [1.807, 2.05) is 25.1 Å². The lowest BCUT2D eigenvalue weighted by atomic mass is 10.1. The maximum absolute atomic E-state index is 12.7. The van der Waals surface area contributed by atoms with E-state index < -0.39 is 10.0 Å². The minimum Gasteiger partial charge on any atom is -0.497 e. The van der Waals surface area contributed by atoms with E-state index in [2.05, 4.69) is 10.0 Å². The average Bonchev–Trinajstić information content (AvgIpc) is 2.69. The smallest absolute Gasteiger partial charge is 0.261 e. The third-order valence-electron chi connectivity index (χ3n) is 4.39. The first kappa shape index (κ1) is 20.4. The van der Waals surface area contributed by atoms with Crippen molar-refractivity contribution in [2.75, 3.05) is 17.1 Å². The Balaban J connectivity index is 1.83. The van der Waals surface area contributed by atoms with Crippen LogP contribution in [0.5, 0.6) is 5.75 Å². The van der Waals surface area contributed by atoms with Crippen molar-refractivity contribution in [2.24, 2.45) is 0 Å². The number of benzene rings is 3. The molecule has 0 bridgehead atoms. The van der Waals surface area contributed by atoms with Gasteiger partial charge in [-0.25, -0.2) is 8.42 Å². The molecular weight excluding hydrogens is 388 g/mol. The molecule has 0 atom stereocenters. The van der Waals surface area contributed by atoms with Crippen molar-refractivity contribution >= 4 is 27.3 Å². The summed E-state index contributed by atoms with van der Waals surface area (Å²) >= 11 is 0. The quantitative estimate of drug-likeness (QED) is 0.632. The van der Waals surface area contributed by atoms with Crippen LogP contribution in [0.15, 0.2) is 71.6 Å². The zero-order chi connectivity index (χ0) is 21.0. The Morgan fingerprint density at radius 2 is 1.66 bits per heavy atom. The van der Waals surface area contributed by atoms with Crippen LogP contribution in [-0.4, -0.2) is 21.4 Å². The number of ether oxygens (including phenoxy) is 1. The van der Waals surface area contributed by atoms with Crippen LogP contribution < -0.4 is 14.8 Å². The molecule has 0 heterocycles. The highest BCUT2D eigenvalue weighted by molar-refractivity contribution is 7.92. The Labute approximate surface area is 170 Å². The molecule has 2 N–H and O–H groups in total. The highest BCUT2D eigenvalue weighted by Gasteiger charge is 2.17. The van der Waals surface area contributed by atoms with Crippen LogP contribution in [0.4, 0.5) is 11.4 Å². The molecule has 0 aliphatic carbocycles. The fourth-order valence-corrected chi connectivity index (χ4v) is 3.88. The first-order valence-electron chi connectivity index (χ1n) is 8.94. The number of carbonyl (C=O) groups excluding carboxylic acids is 1. The van der Waals surface area contributed by atoms with E-state index in [9.17, 15) is 13.2 Å². The second-order valence-corrected chi connectivity index (χ2v) is 8.32. The number of amides is 1. The zero-order valence-electron chi connectivity index (χ0n) is 16.4. The molecule has 29 heavy (non-hydrogen) atoms. The van der Waals surface area contributed by atoms with Crippen molar-refractivity contribution in [3.8, 4) is 5.75 Å². The Bertz CT molecular complexity index is 1140. The lowest BCUT2D eigenvalue weighted by Gasteiger charge is -2.13. The van der Waals surface area contributed by atoms with E-state index in [0.29, 0.717) is 28.3 Å². The molecule has 6 nitrogen and oxygen atoms in total. The van der Waals surface area contributed by atoms with Gasteiger partial charge in [0.15, 0.2) is 0 Å². The molecule has 7 heteroatoms. The van der Waals surface area contributed by atoms with Gasteiger partial charge in [-0.2, -0.15) is 0 Å². The van der Waals surface area contributed by atoms with Gasteiger partial charge in [-0.15, -0.1) is 0 Å². The fourth-order valence-electron chi connectivity index (χ4n) is 2.76. The molecule has 3 aromatic rings. The van der Waals surface area contributed by atoms with Gasteiger partial charge in [0.1, 0.15) is 5.75 Å². The van der Waals surface area contributed by atoms with Crippen LogP contribution in [0.25, 0.3) is 0 Å². The third-order valence-corrected chi connectivity index (χ3v) is 5.77. The van der Waals surface area contributed by atoms with Gasteiger partial charge >= 0.3 is 0 Å². The third kappa shape index (κ3) is 4.94. The van der Waals surface area contributed by atoms with Gasteiger partial charge in [0, 0.05) is 11.3 Å². The van der Waals surface area contributed by atoms with Gasteiger partial charge in [0.2, 0.25) is 0 Å². The minimum atomic E-state index is -3.81. The topological polar surface area (TPSA) is 84.5 Å². The number of anilines is 2. The number of aryl methyl sites for hydroxylation is 2. The molecule has 3 rings (SSSR count). The van der Waals surface area contributed by atoms with Crippen molar-refractivity contribution in [1.29, 1.82) is 0 Å². The minimum absolute atomic E-state index is 0.104. The van der Waals surface area contributed by atoms with Crippen molar-refractivity contribution in [3.63, 3.8) is 0 Å². The monoisotopic (exact) mass is 410 g/mol. The van der Waals surface area contributed by atoms with Crippen LogP contribution in [0.1, 0.15) is 21.5 Å². The number of nitrogens with one attached hydrogen (secondary N) is 2. The number of carbonyl (C=O) groups is 1. The van der Waals surface area contributed by atoms with Crippen molar-refractivity contribution < 1.29 is 17.9 Å². The van der Waals surface area contributed by atoms with E-state index in [0.717, 1.165) is 5.56 Å². The molecule has 1 amide bonds. The predicted molar refractivity (Wildman–Crippen MR) is 114 cm³/mol. The summed E-state index contributed by atoms with van der Waals surface area (Å²) in [6.07, 6.45) is 0. The summed E-state index contributed by atoms with van der Waals surface area (Å²) in [5.41, 5.74) is 3.10. The van der Waals surface area contributed by atoms with Gasteiger partial charge in [-0.05, 0) is 73.5 Å². The van der Waals surface area contributed by atoms with Crippen LogP contribution in [0, 0.1) is 13.8 Å². The summed E-state index contributed by atoms with van der Waals surface area (Å²) < 4.78 is 33.0. The average molecular weight is 410 g/mol. The molecule has 0 saturated carbocycles. The summed E-state index contributed by atoms with van der Waals surface area (Å²) in [5, 5.41) is 2.82.